The molecule has 0 aliphatic heterocycles. The molecule has 4 heterocycles. The number of nitrogens with two attached hydrogens (primary N) is 1. The first kappa shape index (κ1) is 23.2. The number of benzene rings is 1. The van der Waals surface area contributed by atoms with Crippen LogP contribution in [0.4, 0.5) is 23.1 Å². The highest BCUT2D eigenvalue weighted by Crippen LogP contribution is 2.37. The van der Waals surface area contributed by atoms with Crippen molar-refractivity contribution in [3.05, 3.63) is 66.3 Å². The van der Waals surface area contributed by atoms with Gasteiger partial charge in [-0.1, -0.05) is 38.1 Å². The molecule has 5 rings (SSSR count). The maximum Gasteiger partial charge on any atom is 0.142 e. The van der Waals surface area contributed by atoms with Crippen LogP contribution in [0.3, 0.4) is 0 Å². The molecule has 0 saturated heterocycles. The highest BCUT2D eigenvalue weighted by molar-refractivity contribution is 6.03. The first-order chi connectivity index (χ1) is 17.2. The Morgan fingerprint density at radius 2 is 1.75 bits per heavy atom. The second-order valence-corrected chi connectivity index (χ2v) is 9.63. The summed E-state index contributed by atoms with van der Waals surface area (Å²) in [5.41, 5.74) is 11.0. The van der Waals surface area contributed by atoms with Gasteiger partial charge in [-0.05, 0) is 30.7 Å². The van der Waals surface area contributed by atoms with E-state index in [1.807, 2.05) is 56.4 Å². The lowest BCUT2D eigenvalue weighted by molar-refractivity contribution is 0.330. The van der Waals surface area contributed by atoms with Crippen molar-refractivity contribution in [3.63, 3.8) is 0 Å². The molecule has 0 radical (unpaired) electrons. The van der Waals surface area contributed by atoms with Crippen LogP contribution in [-0.2, 0) is 5.41 Å². The summed E-state index contributed by atoms with van der Waals surface area (Å²) in [7, 11) is 1.82. The van der Waals surface area contributed by atoms with E-state index in [-0.39, 0.29) is 5.41 Å². The van der Waals surface area contributed by atoms with Crippen LogP contribution in [0.5, 0.6) is 0 Å². The van der Waals surface area contributed by atoms with Crippen molar-refractivity contribution in [2.75, 3.05) is 23.4 Å². The number of rotatable bonds is 5. The fraction of sp³-hybridized carbons (Fsp3) is 0.222. The zero-order valence-electron chi connectivity index (χ0n) is 20.9. The molecule has 0 spiro atoms. The van der Waals surface area contributed by atoms with Crippen LogP contribution < -0.4 is 16.4 Å². The second-order valence-electron chi connectivity index (χ2n) is 9.63. The molecule has 9 heteroatoms. The second kappa shape index (κ2) is 8.92. The lowest BCUT2D eigenvalue weighted by Gasteiger charge is -2.16. The smallest absolute Gasteiger partial charge is 0.142 e. The lowest BCUT2D eigenvalue weighted by Crippen LogP contribution is -2.09. The zero-order chi connectivity index (χ0) is 25.4. The van der Waals surface area contributed by atoms with Crippen molar-refractivity contribution in [1.29, 1.82) is 0 Å². The summed E-state index contributed by atoms with van der Waals surface area (Å²) >= 11 is 0. The van der Waals surface area contributed by atoms with Crippen LogP contribution >= 0.6 is 0 Å². The van der Waals surface area contributed by atoms with Gasteiger partial charge in [-0.15, -0.1) is 0 Å². The van der Waals surface area contributed by atoms with Gasteiger partial charge in [0.05, 0.1) is 17.1 Å². The van der Waals surface area contributed by atoms with Crippen molar-refractivity contribution in [3.8, 4) is 22.6 Å². The van der Waals surface area contributed by atoms with Crippen LogP contribution in [0.2, 0.25) is 0 Å². The molecule has 36 heavy (non-hydrogen) atoms. The van der Waals surface area contributed by atoms with Crippen LogP contribution in [0.15, 0.2) is 59.5 Å². The molecular formula is C27H28N8O. The molecule has 0 atom stereocenters. The minimum absolute atomic E-state index is 0.166. The maximum atomic E-state index is 6.42. The molecular weight excluding hydrogens is 452 g/mol. The summed E-state index contributed by atoms with van der Waals surface area (Å²) in [6.45, 7) is 8.27. The van der Waals surface area contributed by atoms with E-state index in [2.05, 4.69) is 56.5 Å². The molecule has 1 aromatic carbocycles. The Bertz CT molecular complexity index is 1570. The van der Waals surface area contributed by atoms with Crippen molar-refractivity contribution in [2.24, 2.45) is 0 Å². The van der Waals surface area contributed by atoms with Crippen molar-refractivity contribution in [2.45, 2.75) is 33.1 Å². The van der Waals surface area contributed by atoms with E-state index in [0.29, 0.717) is 23.0 Å². The molecule has 4 N–H and O–H groups in total. The van der Waals surface area contributed by atoms with Crippen LogP contribution in [0.25, 0.3) is 33.4 Å². The van der Waals surface area contributed by atoms with Gasteiger partial charge >= 0.3 is 0 Å². The van der Waals surface area contributed by atoms with Gasteiger partial charge in [0.15, 0.2) is 0 Å². The summed E-state index contributed by atoms with van der Waals surface area (Å²) in [6, 6.07) is 13.6. The van der Waals surface area contributed by atoms with Crippen molar-refractivity contribution >= 4 is 33.9 Å². The predicted molar refractivity (Wildman–Crippen MR) is 143 cm³/mol. The minimum atomic E-state index is -0.166. The van der Waals surface area contributed by atoms with Crippen LogP contribution in [-0.4, -0.2) is 32.1 Å². The molecule has 0 fully saturated rings. The normalized spacial score (nSPS) is 11.6. The first-order valence-corrected chi connectivity index (χ1v) is 11.6. The van der Waals surface area contributed by atoms with Gasteiger partial charge in [-0.3, -0.25) is 0 Å². The Balaban J connectivity index is 1.63. The summed E-state index contributed by atoms with van der Waals surface area (Å²) in [5.74, 6) is 2.59. The Hall–Kier alpha value is -4.53. The van der Waals surface area contributed by atoms with E-state index in [9.17, 15) is 0 Å². The van der Waals surface area contributed by atoms with Gasteiger partial charge in [0.25, 0.3) is 0 Å². The largest absolute Gasteiger partial charge is 0.383 e. The molecule has 5 aromatic rings. The summed E-state index contributed by atoms with van der Waals surface area (Å²) in [6.07, 6.45) is 3.28. The van der Waals surface area contributed by atoms with E-state index in [1.54, 1.807) is 6.20 Å². The number of hydrogen-bond acceptors (Lipinski definition) is 9. The fourth-order valence-corrected chi connectivity index (χ4v) is 3.98. The van der Waals surface area contributed by atoms with E-state index < -0.39 is 0 Å². The Labute approximate surface area is 209 Å². The molecule has 0 unspecified atom stereocenters. The number of pyridine rings is 2. The van der Waals surface area contributed by atoms with E-state index in [4.69, 9.17) is 10.3 Å². The fourth-order valence-electron chi connectivity index (χ4n) is 3.98. The molecule has 4 aromatic heterocycles. The average Bonchev–Trinajstić information content (AvgIpc) is 3.37. The molecule has 182 valence electrons. The third kappa shape index (κ3) is 4.31. The molecule has 9 nitrogen and oxygen atoms in total. The molecule has 0 bridgehead atoms. The van der Waals surface area contributed by atoms with Gasteiger partial charge in [-0.25, -0.2) is 19.9 Å². The minimum Gasteiger partial charge on any atom is -0.383 e. The molecule has 0 saturated carbocycles. The summed E-state index contributed by atoms with van der Waals surface area (Å²) < 4.78 is 5.60. The third-order valence-electron chi connectivity index (χ3n) is 6.01. The number of fused-ring (bicyclic) bond motifs is 1. The Kier molecular flexibility index (Phi) is 5.75. The number of aromatic nitrogens is 5. The standard InChI is InChI=1S/C27H28N8O/c1-15-8-9-16-18(11-20(33-25(16)28)21-12-22(36-35-21)27(2,3)4)24(15)34-26-17(7-6-10-30-26)19-13-23(29-5)32-14-31-19/h6-14H,1-5H3,(H2,28,33)(H,30,34)(H,29,31,32). The average molecular weight is 481 g/mol. The first-order valence-electron chi connectivity index (χ1n) is 11.6. The molecule has 0 amide bonds. The SMILES string of the molecule is CNc1cc(-c2cccnc2Nc2c(C)ccc3c(N)nc(-c4cc(C(C)(C)C)on4)cc23)ncn1. The summed E-state index contributed by atoms with van der Waals surface area (Å²) in [4.78, 5) is 17.9. The van der Waals surface area contributed by atoms with E-state index in [0.717, 1.165) is 44.9 Å². The Morgan fingerprint density at radius 3 is 2.50 bits per heavy atom. The summed E-state index contributed by atoms with van der Waals surface area (Å²) in [5, 5.41) is 12.6. The van der Waals surface area contributed by atoms with E-state index >= 15 is 0 Å². The zero-order valence-corrected chi connectivity index (χ0v) is 20.9. The molecule has 0 aliphatic carbocycles. The van der Waals surface area contributed by atoms with Gasteiger partial charge in [0.2, 0.25) is 0 Å². The Morgan fingerprint density at radius 1 is 0.917 bits per heavy atom. The lowest BCUT2D eigenvalue weighted by atomic mass is 9.93. The third-order valence-corrected chi connectivity index (χ3v) is 6.01. The van der Waals surface area contributed by atoms with Crippen molar-refractivity contribution in [1.82, 2.24) is 25.1 Å². The van der Waals surface area contributed by atoms with Crippen LogP contribution in [0, 0.1) is 6.92 Å². The highest BCUT2D eigenvalue weighted by atomic mass is 16.5. The number of hydrogen-bond donors (Lipinski definition) is 3. The van der Waals surface area contributed by atoms with Gasteiger partial charge in [0.1, 0.15) is 35.2 Å². The van der Waals surface area contributed by atoms with Crippen molar-refractivity contribution < 1.29 is 4.52 Å². The van der Waals surface area contributed by atoms with E-state index in [1.165, 1.54) is 6.33 Å². The number of aryl methyl sites for hydroxylation is 1. The number of nitrogens with one attached hydrogen (secondary N) is 2. The van der Waals surface area contributed by atoms with Gasteiger partial charge in [0, 0.05) is 47.1 Å². The quantitative estimate of drug-likeness (QED) is 0.289. The number of anilines is 4. The predicted octanol–water partition coefficient (Wildman–Crippen LogP) is 5.72. The maximum absolute atomic E-state index is 6.42. The topological polar surface area (TPSA) is 128 Å². The highest BCUT2D eigenvalue weighted by Gasteiger charge is 2.22. The van der Waals surface area contributed by atoms with Gasteiger partial charge < -0.3 is 20.9 Å². The molecule has 0 aliphatic rings. The number of nitrogens with zero attached hydrogens (tertiary/aromatic N) is 5. The number of nitrogen functional groups attached to an aromatic ring is 1. The van der Waals surface area contributed by atoms with Gasteiger partial charge in [-0.2, -0.15) is 0 Å². The monoisotopic (exact) mass is 480 g/mol. The van der Waals surface area contributed by atoms with Crippen LogP contribution in [0.1, 0.15) is 32.1 Å².